The van der Waals surface area contributed by atoms with Crippen molar-refractivity contribution in [3.63, 3.8) is 0 Å². The summed E-state index contributed by atoms with van der Waals surface area (Å²) in [5.41, 5.74) is 2.24. The van der Waals surface area contributed by atoms with Crippen molar-refractivity contribution in [3.05, 3.63) is 50.8 Å². The third-order valence-electron chi connectivity index (χ3n) is 4.54. The van der Waals surface area contributed by atoms with E-state index in [1.54, 1.807) is 0 Å². The van der Waals surface area contributed by atoms with Gasteiger partial charge in [-0.2, -0.15) is 0 Å². The van der Waals surface area contributed by atoms with Gasteiger partial charge in [0.1, 0.15) is 12.3 Å². The first-order chi connectivity index (χ1) is 12.2. The van der Waals surface area contributed by atoms with Gasteiger partial charge < -0.3 is 13.6 Å². The van der Waals surface area contributed by atoms with Crippen molar-refractivity contribution in [1.82, 2.24) is 0 Å². The Kier molecular flexibility index (Phi) is 7.63. The molecule has 5 heteroatoms. The normalized spacial score (nSPS) is 12.0. The molecule has 26 heavy (non-hydrogen) atoms. The highest BCUT2D eigenvalue weighted by Gasteiger charge is 2.18. The average molecular weight is 444 g/mol. The molecule has 3 nitrogen and oxygen atoms in total. The first-order valence-corrected chi connectivity index (χ1v) is 10.3. The lowest BCUT2D eigenvalue weighted by atomic mass is 10.0. The monoisotopic (exact) mass is 442 g/mol. The molecule has 0 aliphatic carbocycles. The van der Waals surface area contributed by atoms with E-state index in [-0.39, 0.29) is 0 Å². The van der Waals surface area contributed by atoms with E-state index in [4.69, 9.17) is 20.8 Å². The van der Waals surface area contributed by atoms with E-state index in [0.29, 0.717) is 5.92 Å². The Morgan fingerprint density at radius 3 is 2.54 bits per heavy atom. The first kappa shape index (κ1) is 21.3. The molecule has 0 spiro atoms. The zero-order valence-corrected chi connectivity index (χ0v) is 18.8. The molecule has 0 N–H and O–H groups in total. The number of aryl methyl sites for hydroxylation is 1. The number of hydrogen-bond donors (Lipinski definition) is 0. The Bertz CT molecular complexity index is 725. The summed E-state index contributed by atoms with van der Waals surface area (Å²) in [6, 6.07) is 8.08. The maximum absolute atomic E-state index is 6.26. The van der Waals surface area contributed by atoms with Gasteiger partial charge in [-0.05, 0) is 77.0 Å². The van der Waals surface area contributed by atoms with E-state index >= 15 is 0 Å². The van der Waals surface area contributed by atoms with Crippen LogP contribution in [0, 0.1) is 6.92 Å². The molecule has 1 aromatic heterocycles. The summed E-state index contributed by atoms with van der Waals surface area (Å²) in [5.74, 6) is 2.37. The minimum Gasteiger partial charge on any atom is -0.493 e. The van der Waals surface area contributed by atoms with Gasteiger partial charge in [0, 0.05) is 5.02 Å². The lowest BCUT2D eigenvalue weighted by Gasteiger charge is -2.28. The van der Waals surface area contributed by atoms with Crippen LogP contribution < -0.4 is 4.74 Å². The van der Waals surface area contributed by atoms with Gasteiger partial charge >= 0.3 is 0 Å². The second-order valence-corrected chi connectivity index (χ2v) is 9.06. The van der Waals surface area contributed by atoms with E-state index in [1.807, 2.05) is 25.1 Å². The Morgan fingerprint density at radius 2 is 1.92 bits per heavy atom. The number of benzene rings is 1. The molecule has 0 amide bonds. The number of unbranched alkanes of at least 4 members (excludes halogenated alkanes) is 1. The van der Waals surface area contributed by atoms with Gasteiger partial charge in [-0.15, -0.1) is 0 Å². The molecule has 2 rings (SSSR count). The highest BCUT2D eigenvalue weighted by molar-refractivity contribution is 9.10. The van der Waals surface area contributed by atoms with E-state index < -0.39 is 0 Å². The van der Waals surface area contributed by atoms with Crippen LogP contribution in [0.15, 0.2) is 33.4 Å². The van der Waals surface area contributed by atoms with Crippen molar-refractivity contribution in [1.29, 1.82) is 0 Å². The molecule has 0 fully saturated rings. The maximum atomic E-state index is 6.26. The molecular formula is C21H30BrClNO2+. The molecule has 1 aromatic carbocycles. The minimum atomic E-state index is 0.395. The second kappa shape index (κ2) is 9.29. The summed E-state index contributed by atoms with van der Waals surface area (Å²) in [6.45, 7) is 9.06. The van der Waals surface area contributed by atoms with Crippen LogP contribution in [0.1, 0.15) is 49.5 Å². The maximum Gasteiger partial charge on any atom is 0.169 e. The van der Waals surface area contributed by atoms with Crippen LogP contribution in [0.3, 0.4) is 0 Å². The van der Waals surface area contributed by atoms with Gasteiger partial charge in [-0.1, -0.05) is 25.4 Å². The van der Waals surface area contributed by atoms with Crippen LogP contribution in [0.4, 0.5) is 0 Å². The Labute approximate surface area is 171 Å². The summed E-state index contributed by atoms with van der Waals surface area (Å²) < 4.78 is 13.4. The fourth-order valence-corrected chi connectivity index (χ4v) is 3.52. The number of furan rings is 1. The first-order valence-electron chi connectivity index (χ1n) is 9.17. The Balaban J connectivity index is 1.81. The van der Waals surface area contributed by atoms with Crippen molar-refractivity contribution in [2.45, 2.75) is 46.1 Å². The highest BCUT2D eigenvalue weighted by atomic mass is 79.9. The Hall–Kier alpha value is -0.970. The van der Waals surface area contributed by atoms with E-state index in [1.165, 1.54) is 5.56 Å². The fraction of sp³-hybridized carbons (Fsp3) is 0.524. The fourth-order valence-electron chi connectivity index (χ4n) is 3.01. The number of ether oxygens (including phenoxy) is 1. The summed E-state index contributed by atoms with van der Waals surface area (Å²) in [5, 5.41) is 0.810. The molecule has 0 saturated carbocycles. The largest absolute Gasteiger partial charge is 0.493 e. The standard InChI is InChI=1S/C21H30BrClNO2/c1-15(2)18-13-19(23)16(3)12-20(18)25-11-7-6-10-24(4,5)14-17-8-9-21(22)26-17/h8-9,12-13,15H,6-7,10-11,14H2,1-5H3/q+1. The van der Waals surface area contributed by atoms with Gasteiger partial charge in [-0.25, -0.2) is 0 Å². The lowest BCUT2D eigenvalue weighted by Crippen LogP contribution is -2.39. The van der Waals surface area contributed by atoms with Crippen molar-refractivity contribution in [2.24, 2.45) is 0 Å². The number of halogens is 2. The Morgan fingerprint density at radius 1 is 1.19 bits per heavy atom. The molecular weight excluding hydrogens is 414 g/mol. The van der Waals surface area contributed by atoms with Crippen LogP contribution >= 0.6 is 27.5 Å². The number of nitrogens with zero attached hydrogens (tertiary/aromatic N) is 1. The predicted molar refractivity (Wildman–Crippen MR) is 112 cm³/mol. The van der Waals surface area contributed by atoms with Gasteiger partial charge in [0.25, 0.3) is 0 Å². The number of rotatable bonds is 9. The average Bonchev–Trinajstić information content (AvgIpc) is 2.93. The lowest BCUT2D eigenvalue weighted by molar-refractivity contribution is -0.904. The quantitative estimate of drug-likeness (QED) is 0.323. The van der Waals surface area contributed by atoms with Gasteiger partial charge in [0.2, 0.25) is 0 Å². The van der Waals surface area contributed by atoms with Crippen LogP contribution in [-0.4, -0.2) is 31.7 Å². The van der Waals surface area contributed by atoms with Crippen LogP contribution in [0.25, 0.3) is 0 Å². The van der Waals surface area contributed by atoms with Crippen LogP contribution in [0.5, 0.6) is 5.75 Å². The van der Waals surface area contributed by atoms with E-state index in [9.17, 15) is 0 Å². The van der Waals surface area contributed by atoms with Crippen molar-refractivity contribution in [3.8, 4) is 5.75 Å². The van der Waals surface area contributed by atoms with Crippen molar-refractivity contribution in [2.75, 3.05) is 27.2 Å². The van der Waals surface area contributed by atoms with Gasteiger partial charge in [0.15, 0.2) is 10.4 Å². The molecule has 144 valence electrons. The zero-order valence-electron chi connectivity index (χ0n) is 16.4. The smallest absolute Gasteiger partial charge is 0.169 e. The third kappa shape index (κ3) is 6.33. The summed E-state index contributed by atoms with van der Waals surface area (Å²) in [4.78, 5) is 0. The van der Waals surface area contributed by atoms with Crippen LogP contribution in [-0.2, 0) is 6.54 Å². The van der Waals surface area contributed by atoms with Crippen molar-refractivity contribution >= 4 is 27.5 Å². The van der Waals surface area contributed by atoms with Crippen LogP contribution in [0.2, 0.25) is 5.02 Å². The zero-order chi connectivity index (χ0) is 19.3. The van der Waals surface area contributed by atoms with Gasteiger partial charge in [-0.3, -0.25) is 0 Å². The molecule has 0 saturated heterocycles. The highest BCUT2D eigenvalue weighted by Crippen LogP contribution is 2.32. The second-order valence-electron chi connectivity index (χ2n) is 7.87. The molecule has 0 aliphatic rings. The number of hydrogen-bond acceptors (Lipinski definition) is 2. The topological polar surface area (TPSA) is 22.4 Å². The van der Waals surface area contributed by atoms with Crippen molar-refractivity contribution < 1.29 is 13.6 Å². The SMILES string of the molecule is Cc1cc(OCCCC[N+](C)(C)Cc2ccc(Br)o2)c(C(C)C)cc1Cl. The summed E-state index contributed by atoms with van der Waals surface area (Å²) in [6.07, 6.45) is 2.14. The van der Waals surface area contributed by atoms with E-state index in [0.717, 1.165) is 63.8 Å². The molecule has 0 radical (unpaired) electrons. The summed E-state index contributed by atoms with van der Waals surface area (Å²) >= 11 is 9.63. The molecule has 0 bridgehead atoms. The molecule has 0 unspecified atom stereocenters. The molecule has 0 atom stereocenters. The third-order valence-corrected chi connectivity index (χ3v) is 5.37. The molecule has 0 aliphatic heterocycles. The minimum absolute atomic E-state index is 0.395. The molecule has 2 aromatic rings. The van der Waals surface area contributed by atoms with E-state index in [2.05, 4.69) is 49.9 Å². The van der Waals surface area contributed by atoms with Gasteiger partial charge in [0.05, 0.1) is 27.2 Å². The predicted octanol–water partition coefficient (Wildman–Crippen LogP) is 6.56. The number of quaternary nitrogens is 1. The molecule has 1 heterocycles. The summed E-state index contributed by atoms with van der Waals surface area (Å²) in [7, 11) is 4.47.